The fourth-order valence-corrected chi connectivity index (χ4v) is 13.8. The van der Waals surface area contributed by atoms with Gasteiger partial charge in [-0.05, 0) is 207 Å². The van der Waals surface area contributed by atoms with Gasteiger partial charge in [-0.1, -0.05) is 169 Å². The third kappa shape index (κ3) is 37.6. The summed E-state index contributed by atoms with van der Waals surface area (Å²) in [6, 6.07) is 68.5. The van der Waals surface area contributed by atoms with Crippen molar-refractivity contribution in [3.05, 3.63) is 311 Å². The van der Waals surface area contributed by atoms with Gasteiger partial charge < -0.3 is 78.2 Å². The number of nitrogens with zero attached hydrogens (tertiary/aromatic N) is 6. The molecular formula is C104H117F3N6NaO18S-. The van der Waals surface area contributed by atoms with Gasteiger partial charge in [0.05, 0.1) is 50.0 Å². The molecule has 1 aliphatic rings. The molecular weight excluding hydrogens is 1730 g/mol. The molecule has 0 saturated heterocycles. The minimum absolute atomic E-state index is 0. The molecule has 0 spiro atoms. The van der Waals surface area contributed by atoms with Crippen LogP contribution in [0.1, 0.15) is 213 Å². The fraction of sp³-hybridized carbons (Fsp3) is 0.337. The Morgan fingerprint density at radius 3 is 1.27 bits per heavy atom. The number of alkyl halides is 2. The molecule has 3 heterocycles. The van der Waals surface area contributed by atoms with E-state index in [-0.39, 0.29) is 102 Å². The maximum absolute atomic E-state index is 13.4. The van der Waals surface area contributed by atoms with Crippen LogP contribution in [0.2, 0.25) is 0 Å². The molecule has 700 valence electrons. The van der Waals surface area contributed by atoms with Crippen LogP contribution >= 0.6 is 11.8 Å². The Bertz CT molecular complexity index is 5490. The van der Waals surface area contributed by atoms with E-state index in [1.807, 2.05) is 174 Å². The van der Waals surface area contributed by atoms with Gasteiger partial charge in [0.25, 0.3) is 23.5 Å². The van der Waals surface area contributed by atoms with Gasteiger partial charge in [-0.3, -0.25) is 35.1 Å². The maximum Gasteiger partial charge on any atom is 1.00 e. The molecule has 1 aliphatic carbocycles. The summed E-state index contributed by atoms with van der Waals surface area (Å²) in [5, 5.41) is 39.7. The number of rotatable bonds is 49. The molecule has 24 nitrogen and oxygen atoms in total. The van der Waals surface area contributed by atoms with Crippen molar-refractivity contribution >= 4 is 59.5 Å². The van der Waals surface area contributed by atoms with E-state index in [9.17, 15) is 51.9 Å². The number of hydrogen-bond donors (Lipinski definition) is 4. The largest absolute Gasteiger partial charge is 1.00 e. The van der Waals surface area contributed by atoms with Crippen LogP contribution in [-0.4, -0.2) is 149 Å². The number of pyridine rings is 1. The van der Waals surface area contributed by atoms with E-state index in [1.54, 1.807) is 83.0 Å². The molecule has 3 amide bonds. The zero-order valence-electron chi connectivity index (χ0n) is 79.4. The Labute approximate surface area is 807 Å². The molecule has 8 aromatic carbocycles. The molecule has 0 radical (unpaired) electrons. The number of carboxylic acids is 3. The quantitative estimate of drug-likeness (QED) is 0.00317. The summed E-state index contributed by atoms with van der Waals surface area (Å²) in [6.07, 6.45) is 17.5. The number of carbonyl (C=O) groups is 6. The van der Waals surface area contributed by atoms with Crippen LogP contribution in [0.25, 0.3) is 22.6 Å². The standard InChI is InChI=1S/C27H32N2O5.C27H28NO4.C26H27FN2O4.C24H29F2NO4S.Na.H2O/c1-20(2)29(27(28-32)22-15-13-21(14-16-22)24-11-8-18-34-24)19-23-9-5-6-10-25(23)33-17-7-3-4-12-26(30)31;29-17-5-1-2-6-18-31-26-9-4-3-8-23(26)20-28(24-15-16-24)27(30)22-13-11-21(12-14-22)25-10-7-19-32-25;27-24-15-14-21(17-28-24)26(32)29(18-20-9-3-1-4-10-20)19-22-11-6-7-12-23(22)33-16-8-2-5-13-25(30)31;1-17(2)27(23(30)18-11-13-20(14-12-18)32-24(25)26)16-19-8-5-6-9-21(19)31-15-7-3-4-10-22(28)29;;/h5-6,8-11,13-16,18,20,32H,3-4,7,12,17,19H2,1-2H3,(H,30,31);3-4,7-14,19,24H,1-2,5-6,15-16,18,20H2;1,3-4,6-7,9-12,14-15,17H,2,5,8,13,16,18-19H2,(H,30,31);5-6,8-9,11-14,17,24H,3-4,7,10,15-16H2,1-2H3,(H,28,29);;1H2/q;-1;;;+1;/p-1/b28-27+;;;;;/i19D;20D;19D;16D;;. The van der Waals surface area contributed by atoms with Crippen molar-refractivity contribution in [1.29, 1.82) is 0 Å². The second-order valence-corrected chi connectivity index (χ2v) is 32.2. The van der Waals surface area contributed by atoms with Gasteiger partial charge >= 0.3 is 47.5 Å². The molecule has 1 fully saturated rings. The fourth-order valence-electron chi connectivity index (χ4n) is 13.3. The first-order valence-corrected chi connectivity index (χ1v) is 44.7. The first kappa shape index (κ1) is 101. The van der Waals surface area contributed by atoms with E-state index in [0.29, 0.717) is 144 Å². The summed E-state index contributed by atoms with van der Waals surface area (Å²) >= 11 is 0.412. The van der Waals surface area contributed by atoms with Gasteiger partial charge in [0.2, 0.25) is 5.95 Å². The zero-order chi connectivity index (χ0) is 97.0. The number of ether oxygens (including phenoxy) is 4. The number of hydrogen-bond acceptors (Lipinski definition) is 18. The number of aromatic nitrogens is 1. The number of para-hydroxylation sites is 4. The third-order valence-electron chi connectivity index (χ3n) is 20.4. The number of carboxylic acid groups (broad SMARTS) is 3. The molecule has 0 bridgehead atoms. The number of unbranched alkanes of at least 4 members (excludes halogenated alkanes) is 9. The van der Waals surface area contributed by atoms with Gasteiger partial charge in [0.15, 0.2) is 5.84 Å². The Kier molecular flexibility index (Phi) is 44.9. The predicted molar refractivity (Wildman–Crippen MR) is 500 cm³/mol. The minimum atomic E-state index is -2.54. The van der Waals surface area contributed by atoms with Crippen LogP contribution < -0.4 is 48.5 Å². The second kappa shape index (κ2) is 59.1. The number of benzene rings is 8. The summed E-state index contributed by atoms with van der Waals surface area (Å²) in [6.45, 7) is 5.52. The van der Waals surface area contributed by atoms with Gasteiger partial charge in [-0.25, -0.2) is 4.98 Å². The van der Waals surface area contributed by atoms with Crippen molar-refractivity contribution in [2.24, 2.45) is 5.16 Å². The molecule has 12 rings (SSSR count). The van der Waals surface area contributed by atoms with Crippen molar-refractivity contribution in [1.82, 2.24) is 24.6 Å². The SMILES string of the molecule is [2H]C(c1ccccc1OCCCCCC(=O)O)N(/C(=N/O)c1ccc(-c2ccco2)cc1)C(C)C.[2H]C(c1ccccc1OCCCCCC(=O)O)N(C(=O)c1ccc(SC(F)F)cc1)C(C)C.[2H]C(c1ccccc1OCCCCCC(=O)O)N(Cc1ccccc1)C(=O)c1ccc(F)nc1.[2H]C(c1ccccc1OCCCCC[C-]=O)N(C(=O)c1ccc(-c2ccco2)cc1)C1CC1.[Na+].[OH-]. The number of aliphatic carboxylic acids is 3. The van der Waals surface area contributed by atoms with Crippen LogP contribution in [0.4, 0.5) is 13.2 Å². The summed E-state index contributed by atoms with van der Waals surface area (Å²) < 4.78 is 109. The Morgan fingerprint density at radius 2 is 0.872 bits per heavy atom. The summed E-state index contributed by atoms with van der Waals surface area (Å²) in [5.74, 6) is -2.63. The van der Waals surface area contributed by atoms with E-state index in [1.165, 1.54) is 46.3 Å². The number of furan rings is 2. The summed E-state index contributed by atoms with van der Waals surface area (Å²) in [7, 11) is 0. The molecule has 5 N–H and O–H groups in total. The molecule has 3 aromatic heterocycles. The van der Waals surface area contributed by atoms with Crippen molar-refractivity contribution in [2.75, 3.05) is 26.4 Å². The average Bonchev–Trinajstić information content (AvgIpc) is 1.73. The number of amides is 3. The normalized spacial score (nSPS) is 12.8. The van der Waals surface area contributed by atoms with E-state index >= 15 is 0 Å². The van der Waals surface area contributed by atoms with Crippen molar-refractivity contribution in [3.63, 3.8) is 0 Å². The van der Waals surface area contributed by atoms with Gasteiger partial charge in [-0.2, -0.15) is 19.6 Å². The molecule has 1 saturated carbocycles. The molecule has 29 heteroatoms. The summed E-state index contributed by atoms with van der Waals surface area (Å²) in [4.78, 5) is 92.3. The number of oxime groups is 1. The van der Waals surface area contributed by atoms with Crippen LogP contribution in [0.15, 0.2) is 274 Å². The third-order valence-corrected chi connectivity index (χ3v) is 21.1. The van der Waals surface area contributed by atoms with Crippen LogP contribution in [-0.2, 0) is 51.8 Å². The average molecular weight is 1860 g/mol. The van der Waals surface area contributed by atoms with E-state index in [2.05, 4.69) is 10.1 Å². The first-order valence-electron chi connectivity index (χ1n) is 46.1. The topological polar surface area (TPSA) is 332 Å². The Balaban J connectivity index is 0.000000248. The van der Waals surface area contributed by atoms with Gasteiger partial charge in [0, 0.05) is 131 Å². The van der Waals surface area contributed by atoms with Crippen LogP contribution in [0.5, 0.6) is 23.0 Å². The van der Waals surface area contributed by atoms with Crippen molar-refractivity contribution < 1.29 is 136 Å². The minimum Gasteiger partial charge on any atom is -0.870 e. The van der Waals surface area contributed by atoms with Gasteiger partial charge in [0.1, 0.15) is 34.5 Å². The zero-order valence-corrected chi connectivity index (χ0v) is 78.2. The van der Waals surface area contributed by atoms with Crippen molar-refractivity contribution in [3.8, 4) is 45.6 Å². The number of thioether (sulfide) groups is 1. The predicted octanol–water partition coefficient (Wildman–Crippen LogP) is 19.8. The van der Waals surface area contributed by atoms with Crippen molar-refractivity contribution in [2.45, 2.75) is 205 Å². The Morgan fingerprint density at radius 1 is 0.474 bits per heavy atom. The van der Waals surface area contributed by atoms with E-state index in [4.69, 9.17) is 48.6 Å². The molecule has 4 atom stereocenters. The van der Waals surface area contributed by atoms with Crippen LogP contribution in [0.3, 0.4) is 0 Å². The van der Waals surface area contributed by atoms with E-state index in [0.717, 1.165) is 92.1 Å². The number of halogens is 3. The Hall–Kier alpha value is -12.5. The number of carbonyl (C=O) groups excluding carboxylic acids is 4. The van der Waals surface area contributed by atoms with Gasteiger partial charge in [-0.15, -0.1) is 0 Å². The molecule has 0 aliphatic heterocycles. The van der Waals surface area contributed by atoms with E-state index < -0.39 is 61.6 Å². The number of amidine groups is 1. The smallest absolute Gasteiger partial charge is 0.870 e. The molecule has 11 aromatic rings. The second-order valence-electron chi connectivity index (χ2n) is 31.1. The molecule has 4 unspecified atom stereocenters. The monoisotopic (exact) mass is 1850 g/mol. The van der Waals surface area contributed by atoms with Crippen LogP contribution in [0, 0.1) is 5.95 Å². The molecule has 133 heavy (non-hydrogen) atoms. The first-order chi connectivity index (χ1) is 65.3. The maximum atomic E-state index is 13.4. The summed E-state index contributed by atoms with van der Waals surface area (Å²) in [5.41, 5.74) is 6.78.